The summed E-state index contributed by atoms with van der Waals surface area (Å²) in [4.78, 5) is 11.9. The molecule has 1 aliphatic rings. The lowest BCUT2D eigenvalue weighted by Crippen LogP contribution is -2.30. The summed E-state index contributed by atoms with van der Waals surface area (Å²) in [5.74, 6) is 0.666. The summed E-state index contributed by atoms with van der Waals surface area (Å²) in [5.41, 5.74) is 1.76. The Kier molecular flexibility index (Phi) is 6.52. The van der Waals surface area contributed by atoms with Crippen LogP contribution < -0.4 is 15.4 Å². The molecule has 1 aromatic carbocycles. The fourth-order valence-electron chi connectivity index (χ4n) is 2.65. The lowest BCUT2D eigenvalue weighted by Gasteiger charge is -2.13. The number of hydrogen-bond donors (Lipinski definition) is 2. The minimum Gasteiger partial charge on any atom is -0.495 e. The molecular weight excluding hydrogens is 280 g/mol. The van der Waals surface area contributed by atoms with Gasteiger partial charge in [0.05, 0.1) is 18.9 Å². The van der Waals surface area contributed by atoms with Gasteiger partial charge in [-0.3, -0.25) is 0 Å². The Balaban J connectivity index is 1.65. The monoisotopic (exact) mass is 306 g/mol. The van der Waals surface area contributed by atoms with E-state index in [1.54, 1.807) is 7.11 Å². The molecule has 0 heterocycles. The van der Waals surface area contributed by atoms with Crippen LogP contribution in [0.3, 0.4) is 0 Å². The molecule has 2 rings (SSSR count). The van der Waals surface area contributed by atoms with Crippen molar-refractivity contribution in [3.05, 3.63) is 23.8 Å². The second-order valence-corrected chi connectivity index (χ2v) is 5.72. The highest BCUT2D eigenvalue weighted by Gasteiger charge is 2.14. The molecule has 5 nitrogen and oxygen atoms in total. The molecule has 0 aliphatic heterocycles. The third-order valence-electron chi connectivity index (χ3n) is 3.87. The Morgan fingerprint density at radius 1 is 1.32 bits per heavy atom. The van der Waals surface area contributed by atoms with Gasteiger partial charge in [-0.25, -0.2) is 4.79 Å². The van der Waals surface area contributed by atoms with Crippen molar-refractivity contribution < 1.29 is 14.3 Å². The van der Waals surface area contributed by atoms with Crippen molar-refractivity contribution >= 4 is 11.7 Å². The highest BCUT2D eigenvalue weighted by atomic mass is 16.5. The maximum atomic E-state index is 11.9. The van der Waals surface area contributed by atoms with Crippen molar-refractivity contribution in [3.63, 3.8) is 0 Å². The Morgan fingerprint density at radius 3 is 2.82 bits per heavy atom. The van der Waals surface area contributed by atoms with Gasteiger partial charge in [0.25, 0.3) is 0 Å². The average Bonchev–Trinajstić information content (AvgIpc) is 3.02. The molecule has 0 bridgehead atoms. The zero-order valence-electron chi connectivity index (χ0n) is 13.5. The van der Waals surface area contributed by atoms with E-state index >= 15 is 0 Å². The Bertz CT molecular complexity index is 485. The summed E-state index contributed by atoms with van der Waals surface area (Å²) in [7, 11) is 1.60. The van der Waals surface area contributed by atoms with Crippen LogP contribution in [-0.2, 0) is 4.74 Å². The smallest absolute Gasteiger partial charge is 0.319 e. The van der Waals surface area contributed by atoms with Gasteiger partial charge in [0.1, 0.15) is 5.75 Å². The van der Waals surface area contributed by atoms with Gasteiger partial charge in [-0.2, -0.15) is 0 Å². The van der Waals surface area contributed by atoms with Crippen LogP contribution in [0.4, 0.5) is 10.5 Å². The molecule has 1 saturated carbocycles. The lowest BCUT2D eigenvalue weighted by molar-refractivity contribution is 0.0572. The minimum atomic E-state index is -0.219. The topological polar surface area (TPSA) is 59.6 Å². The zero-order valence-corrected chi connectivity index (χ0v) is 13.5. The molecule has 1 aliphatic carbocycles. The molecule has 0 aromatic heterocycles. The molecule has 0 atom stereocenters. The number of rotatable bonds is 7. The first-order valence-electron chi connectivity index (χ1n) is 8.00. The predicted molar refractivity (Wildman–Crippen MR) is 87.6 cm³/mol. The molecule has 22 heavy (non-hydrogen) atoms. The molecule has 2 amide bonds. The van der Waals surface area contributed by atoms with Crippen LogP contribution in [-0.4, -0.2) is 32.4 Å². The van der Waals surface area contributed by atoms with Gasteiger partial charge in [-0.05, 0) is 43.9 Å². The third-order valence-corrected chi connectivity index (χ3v) is 3.87. The number of benzene rings is 1. The standard InChI is InChI=1S/C17H26N2O3/c1-13-8-9-15(16(12-13)21-2)19-17(20)18-10-5-11-22-14-6-3-4-7-14/h8-9,12,14H,3-7,10-11H2,1-2H3,(H2,18,19,20). The normalized spacial score (nSPS) is 14.8. The average molecular weight is 306 g/mol. The summed E-state index contributed by atoms with van der Waals surface area (Å²) >= 11 is 0. The molecule has 2 N–H and O–H groups in total. The third kappa shape index (κ3) is 5.22. The first kappa shape index (κ1) is 16.6. The Hall–Kier alpha value is -1.75. The number of carbonyl (C=O) groups is 1. The van der Waals surface area contributed by atoms with E-state index in [-0.39, 0.29) is 6.03 Å². The Morgan fingerprint density at radius 2 is 2.09 bits per heavy atom. The van der Waals surface area contributed by atoms with Crippen molar-refractivity contribution in [2.24, 2.45) is 0 Å². The molecule has 1 fully saturated rings. The summed E-state index contributed by atoms with van der Waals surface area (Å²) in [6, 6.07) is 5.46. The van der Waals surface area contributed by atoms with Crippen molar-refractivity contribution in [1.29, 1.82) is 0 Å². The van der Waals surface area contributed by atoms with Crippen LogP contribution in [0.2, 0.25) is 0 Å². The number of nitrogens with one attached hydrogen (secondary N) is 2. The number of amides is 2. The second-order valence-electron chi connectivity index (χ2n) is 5.72. The Labute approximate surface area is 132 Å². The van der Waals surface area contributed by atoms with E-state index in [0.29, 0.717) is 30.7 Å². The van der Waals surface area contributed by atoms with Gasteiger partial charge in [-0.1, -0.05) is 18.9 Å². The number of urea groups is 1. The highest BCUT2D eigenvalue weighted by Crippen LogP contribution is 2.25. The van der Waals surface area contributed by atoms with Gasteiger partial charge in [-0.15, -0.1) is 0 Å². The molecule has 0 radical (unpaired) electrons. The van der Waals surface area contributed by atoms with Crippen molar-refractivity contribution in [3.8, 4) is 5.75 Å². The molecule has 0 unspecified atom stereocenters. The van der Waals surface area contributed by atoms with Crippen LogP contribution in [0.15, 0.2) is 18.2 Å². The number of ether oxygens (including phenoxy) is 2. The first-order valence-corrected chi connectivity index (χ1v) is 8.00. The minimum absolute atomic E-state index is 0.219. The van der Waals surface area contributed by atoms with E-state index in [9.17, 15) is 4.79 Å². The fourth-order valence-corrected chi connectivity index (χ4v) is 2.65. The van der Waals surface area contributed by atoms with E-state index in [1.165, 1.54) is 25.7 Å². The van der Waals surface area contributed by atoms with Gasteiger partial charge in [0.2, 0.25) is 0 Å². The molecule has 0 spiro atoms. The summed E-state index contributed by atoms with van der Waals surface area (Å²) in [6.45, 7) is 3.29. The highest BCUT2D eigenvalue weighted by molar-refractivity contribution is 5.90. The summed E-state index contributed by atoms with van der Waals surface area (Å²) < 4.78 is 11.0. The molecule has 1 aromatic rings. The van der Waals surface area contributed by atoms with E-state index in [1.807, 2.05) is 25.1 Å². The second kappa shape index (κ2) is 8.63. The first-order chi connectivity index (χ1) is 10.7. The maximum Gasteiger partial charge on any atom is 0.319 e. The van der Waals surface area contributed by atoms with Gasteiger partial charge in [0.15, 0.2) is 0 Å². The molecule has 0 saturated heterocycles. The lowest BCUT2D eigenvalue weighted by atomic mass is 10.2. The largest absolute Gasteiger partial charge is 0.495 e. The number of carbonyl (C=O) groups excluding carboxylic acids is 1. The van der Waals surface area contributed by atoms with E-state index in [4.69, 9.17) is 9.47 Å². The van der Waals surface area contributed by atoms with E-state index in [0.717, 1.165) is 12.0 Å². The number of hydrogen-bond acceptors (Lipinski definition) is 3. The van der Waals surface area contributed by atoms with Gasteiger partial charge in [0, 0.05) is 13.2 Å². The van der Waals surface area contributed by atoms with Crippen molar-refractivity contribution in [1.82, 2.24) is 5.32 Å². The van der Waals surface area contributed by atoms with Crippen molar-refractivity contribution in [2.75, 3.05) is 25.6 Å². The van der Waals surface area contributed by atoms with Crippen LogP contribution in [0.25, 0.3) is 0 Å². The molecule has 122 valence electrons. The number of aryl methyl sites for hydroxylation is 1. The van der Waals surface area contributed by atoms with Crippen molar-refractivity contribution in [2.45, 2.75) is 45.1 Å². The number of anilines is 1. The fraction of sp³-hybridized carbons (Fsp3) is 0.588. The van der Waals surface area contributed by atoms with Crippen LogP contribution in [0, 0.1) is 6.92 Å². The SMILES string of the molecule is COc1cc(C)ccc1NC(=O)NCCCOC1CCCC1. The van der Waals surface area contributed by atoms with Crippen LogP contribution >= 0.6 is 0 Å². The number of methoxy groups -OCH3 is 1. The quantitative estimate of drug-likeness (QED) is 0.758. The summed E-state index contributed by atoms with van der Waals surface area (Å²) in [5, 5.41) is 5.64. The van der Waals surface area contributed by atoms with Crippen LogP contribution in [0.1, 0.15) is 37.7 Å². The van der Waals surface area contributed by atoms with Gasteiger partial charge < -0.3 is 20.1 Å². The van der Waals surface area contributed by atoms with Gasteiger partial charge >= 0.3 is 6.03 Å². The van der Waals surface area contributed by atoms with E-state index in [2.05, 4.69) is 10.6 Å². The van der Waals surface area contributed by atoms with Crippen LogP contribution in [0.5, 0.6) is 5.75 Å². The molecular formula is C17H26N2O3. The zero-order chi connectivity index (χ0) is 15.8. The predicted octanol–water partition coefficient (Wildman–Crippen LogP) is 3.47. The maximum absolute atomic E-state index is 11.9. The summed E-state index contributed by atoms with van der Waals surface area (Å²) in [6.07, 6.45) is 6.19. The van der Waals surface area contributed by atoms with E-state index < -0.39 is 0 Å². The molecule has 5 heteroatoms.